The van der Waals surface area contributed by atoms with Gasteiger partial charge in [-0.05, 0) is 32.6 Å². The summed E-state index contributed by atoms with van der Waals surface area (Å²) >= 11 is 0. The molecule has 0 aliphatic heterocycles. The average molecular weight is 216 g/mol. The lowest BCUT2D eigenvalue weighted by Crippen LogP contribution is -2.35. The first-order valence-corrected chi connectivity index (χ1v) is 5.76. The number of carbonyl (C=O) groups excluding carboxylic acids is 1. The van der Waals surface area contributed by atoms with E-state index < -0.39 is 0 Å². The van der Waals surface area contributed by atoms with E-state index in [0.717, 1.165) is 19.3 Å². The first-order chi connectivity index (χ1) is 7.10. The van der Waals surface area contributed by atoms with E-state index in [1.54, 1.807) is 0 Å². The van der Waals surface area contributed by atoms with Gasteiger partial charge in [0.1, 0.15) is 0 Å². The van der Waals surface area contributed by atoms with Gasteiger partial charge in [-0.15, -0.1) is 0 Å². The van der Waals surface area contributed by atoms with Gasteiger partial charge in [-0.25, -0.2) is 0 Å². The largest absolute Gasteiger partial charge is 0.396 e. The summed E-state index contributed by atoms with van der Waals surface area (Å²) in [6, 6.07) is 0.273. The molecular formula is C11H24N2O2. The summed E-state index contributed by atoms with van der Waals surface area (Å²) < 4.78 is 0. The van der Waals surface area contributed by atoms with Crippen LogP contribution in [0.4, 0.5) is 0 Å². The van der Waals surface area contributed by atoms with E-state index in [9.17, 15) is 4.79 Å². The maximum absolute atomic E-state index is 11.4. The molecule has 0 aliphatic rings. The SMILES string of the molecule is CCC(CCO)NC(=O)CCCC(C)N. The van der Waals surface area contributed by atoms with Gasteiger partial charge in [0.15, 0.2) is 0 Å². The molecule has 2 atom stereocenters. The molecule has 0 aromatic heterocycles. The van der Waals surface area contributed by atoms with Crippen LogP contribution in [0.15, 0.2) is 0 Å². The maximum atomic E-state index is 11.4. The average Bonchev–Trinajstić information content (AvgIpc) is 2.16. The van der Waals surface area contributed by atoms with Gasteiger partial charge in [-0.3, -0.25) is 4.79 Å². The van der Waals surface area contributed by atoms with Gasteiger partial charge in [0, 0.05) is 25.1 Å². The molecule has 1 amide bonds. The lowest BCUT2D eigenvalue weighted by atomic mass is 10.1. The summed E-state index contributed by atoms with van der Waals surface area (Å²) in [4.78, 5) is 11.4. The summed E-state index contributed by atoms with van der Waals surface area (Å²) in [6.07, 6.45) is 3.74. The molecule has 0 saturated carbocycles. The Bertz CT molecular complexity index is 172. The summed E-state index contributed by atoms with van der Waals surface area (Å²) in [5.74, 6) is 0.0657. The van der Waals surface area contributed by atoms with Crippen LogP contribution >= 0.6 is 0 Å². The number of hydrogen-bond acceptors (Lipinski definition) is 3. The molecular weight excluding hydrogens is 192 g/mol. The Kier molecular flexibility index (Phi) is 8.33. The lowest BCUT2D eigenvalue weighted by Gasteiger charge is -2.15. The minimum atomic E-state index is 0.0657. The summed E-state index contributed by atoms with van der Waals surface area (Å²) in [5.41, 5.74) is 5.59. The fourth-order valence-corrected chi connectivity index (χ4v) is 1.42. The number of hydrogen-bond donors (Lipinski definition) is 3. The number of amides is 1. The quantitative estimate of drug-likeness (QED) is 0.561. The summed E-state index contributed by atoms with van der Waals surface area (Å²) in [6.45, 7) is 4.07. The number of nitrogens with two attached hydrogens (primary N) is 1. The van der Waals surface area contributed by atoms with Crippen LogP contribution in [0.5, 0.6) is 0 Å². The minimum Gasteiger partial charge on any atom is -0.396 e. The van der Waals surface area contributed by atoms with Crippen molar-refractivity contribution in [2.75, 3.05) is 6.61 Å². The van der Waals surface area contributed by atoms with Crippen molar-refractivity contribution >= 4 is 5.91 Å². The van der Waals surface area contributed by atoms with Crippen LogP contribution < -0.4 is 11.1 Å². The van der Waals surface area contributed by atoms with E-state index in [4.69, 9.17) is 10.8 Å². The maximum Gasteiger partial charge on any atom is 0.220 e. The fourth-order valence-electron chi connectivity index (χ4n) is 1.42. The van der Waals surface area contributed by atoms with Gasteiger partial charge in [-0.2, -0.15) is 0 Å². The molecule has 0 radical (unpaired) electrons. The van der Waals surface area contributed by atoms with Crippen LogP contribution in [0, 0.1) is 0 Å². The molecule has 0 aromatic carbocycles. The molecule has 0 saturated heterocycles. The predicted octanol–water partition coefficient (Wildman–Crippen LogP) is 0.781. The van der Waals surface area contributed by atoms with Gasteiger partial charge in [0.05, 0.1) is 0 Å². The Morgan fingerprint density at radius 3 is 2.60 bits per heavy atom. The Morgan fingerprint density at radius 2 is 2.13 bits per heavy atom. The van der Waals surface area contributed by atoms with Crippen molar-refractivity contribution in [3.63, 3.8) is 0 Å². The molecule has 90 valence electrons. The highest BCUT2D eigenvalue weighted by Crippen LogP contribution is 2.01. The van der Waals surface area contributed by atoms with Gasteiger partial charge in [0.2, 0.25) is 5.91 Å². The van der Waals surface area contributed by atoms with E-state index >= 15 is 0 Å². The van der Waals surface area contributed by atoms with Crippen molar-refractivity contribution in [2.45, 2.75) is 58.0 Å². The topological polar surface area (TPSA) is 75.3 Å². The minimum absolute atomic E-state index is 0.0657. The molecule has 0 heterocycles. The highest BCUT2D eigenvalue weighted by atomic mass is 16.3. The van der Waals surface area contributed by atoms with E-state index in [2.05, 4.69) is 5.32 Å². The predicted molar refractivity (Wildman–Crippen MR) is 61.4 cm³/mol. The Morgan fingerprint density at radius 1 is 1.47 bits per heavy atom. The molecule has 0 spiro atoms. The van der Waals surface area contributed by atoms with Crippen LogP contribution in [0.1, 0.15) is 46.0 Å². The van der Waals surface area contributed by atoms with Crippen molar-refractivity contribution < 1.29 is 9.90 Å². The highest BCUT2D eigenvalue weighted by molar-refractivity contribution is 5.76. The summed E-state index contributed by atoms with van der Waals surface area (Å²) in [7, 11) is 0. The van der Waals surface area contributed by atoms with E-state index in [-0.39, 0.29) is 24.6 Å². The molecule has 0 aliphatic carbocycles. The van der Waals surface area contributed by atoms with Gasteiger partial charge in [0.25, 0.3) is 0 Å². The van der Waals surface area contributed by atoms with E-state index in [1.165, 1.54) is 0 Å². The third-order valence-corrected chi connectivity index (χ3v) is 2.40. The van der Waals surface area contributed by atoms with Crippen molar-refractivity contribution in [1.29, 1.82) is 0 Å². The van der Waals surface area contributed by atoms with E-state index in [1.807, 2.05) is 13.8 Å². The zero-order valence-electron chi connectivity index (χ0n) is 9.83. The molecule has 0 aromatic rings. The molecule has 2 unspecified atom stereocenters. The number of aliphatic hydroxyl groups is 1. The Hall–Kier alpha value is -0.610. The molecule has 4 N–H and O–H groups in total. The van der Waals surface area contributed by atoms with Gasteiger partial charge >= 0.3 is 0 Å². The Balaban J connectivity index is 3.61. The van der Waals surface area contributed by atoms with Crippen LogP contribution in [-0.4, -0.2) is 29.7 Å². The number of nitrogens with one attached hydrogen (secondary N) is 1. The fraction of sp³-hybridized carbons (Fsp3) is 0.909. The molecule has 0 bridgehead atoms. The van der Waals surface area contributed by atoms with Crippen LogP contribution in [0.3, 0.4) is 0 Å². The van der Waals surface area contributed by atoms with Crippen molar-refractivity contribution in [2.24, 2.45) is 5.73 Å². The normalized spacial score (nSPS) is 14.7. The van der Waals surface area contributed by atoms with E-state index in [0.29, 0.717) is 12.8 Å². The van der Waals surface area contributed by atoms with Gasteiger partial charge in [-0.1, -0.05) is 6.92 Å². The number of carbonyl (C=O) groups is 1. The first-order valence-electron chi connectivity index (χ1n) is 5.76. The number of aliphatic hydroxyl groups excluding tert-OH is 1. The number of rotatable bonds is 8. The third kappa shape index (κ3) is 8.39. The van der Waals surface area contributed by atoms with Crippen LogP contribution in [0.2, 0.25) is 0 Å². The molecule has 4 heteroatoms. The van der Waals surface area contributed by atoms with Gasteiger partial charge < -0.3 is 16.2 Å². The monoisotopic (exact) mass is 216 g/mol. The standard InChI is InChI=1S/C11H24N2O2/c1-3-10(7-8-14)13-11(15)6-4-5-9(2)12/h9-10,14H,3-8,12H2,1-2H3,(H,13,15). The second-order valence-electron chi connectivity index (χ2n) is 4.05. The van der Waals surface area contributed by atoms with Crippen LogP contribution in [-0.2, 0) is 4.79 Å². The Labute approximate surface area is 92.2 Å². The smallest absolute Gasteiger partial charge is 0.220 e. The molecule has 15 heavy (non-hydrogen) atoms. The zero-order valence-corrected chi connectivity index (χ0v) is 9.83. The van der Waals surface area contributed by atoms with Crippen molar-refractivity contribution in [3.05, 3.63) is 0 Å². The second-order valence-corrected chi connectivity index (χ2v) is 4.05. The van der Waals surface area contributed by atoms with Crippen molar-refractivity contribution in [1.82, 2.24) is 5.32 Å². The molecule has 4 nitrogen and oxygen atoms in total. The van der Waals surface area contributed by atoms with Crippen molar-refractivity contribution in [3.8, 4) is 0 Å². The first kappa shape index (κ1) is 14.4. The third-order valence-electron chi connectivity index (χ3n) is 2.40. The summed E-state index contributed by atoms with van der Waals surface area (Å²) in [5, 5.41) is 11.7. The molecule has 0 rings (SSSR count). The zero-order chi connectivity index (χ0) is 11.7. The molecule has 0 fully saturated rings. The highest BCUT2D eigenvalue weighted by Gasteiger charge is 2.09. The van der Waals surface area contributed by atoms with Crippen LogP contribution in [0.25, 0.3) is 0 Å². The lowest BCUT2D eigenvalue weighted by molar-refractivity contribution is -0.122. The second kappa shape index (κ2) is 8.68.